The number of nitrogens with zero attached hydrogens (tertiary/aromatic N) is 2. The Balaban J connectivity index is 2.42. The molecule has 1 aromatic heterocycles. The highest BCUT2D eigenvalue weighted by atomic mass is 19.1. The molecule has 1 N–H and O–H groups in total. The van der Waals surface area contributed by atoms with Gasteiger partial charge in [-0.05, 0) is 30.7 Å². The molecule has 1 heterocycles. The molecule has 1 aromatic carbocycles. The number of hydrogen-bond acceptors (Lipinski definition) is 2. The van der Waals surface area contributed by atoms with E-state index in [1.54, 1.807) is 43.0 Å². The third-order valence-electron chi connectivity index (χ3n) is 2.62. The summed E-state index contributed by atoms with van der Waals surface area (Å²) in [5.41, 5.74) is -0.0381. The standard InChI is InChI=1S/C12H13FN2O/c1-12(16,11-7-8-15(2)14-11)9-3-5-10(13)6-4-9/h3-8,16H,1-2H3. The average Bonchev–Trinajstić information content (AvgIpc) is 2.66. The van der Waals surface area contributed by atoms with Crippen LogP contribution in [0, 0.1) is 5.82 Å². The highest BCUT2D eigenvalue weighted by Gasteiger charge is 2.27. The number of aromatic nitrogens is 2. The Morgan fingerprint density at radius 2 is 1.88 bits per heavy atom. The van der Waals surface area contributed by atoms with Crippen molar-refractivity contribution in [2.75, 3.05) is 0 Å². The molecule has 0 aliphatic carbocycles. The summed E-state index contributed by atoms with van der Waals surface area (Å²) in [6, 6.07) is 7.51. The molecule has 0 aliphatic rings. The van der Waals surface area contributed by atoms with E-state index in [-0.39, 0.29) is 5.82 Å². The summed E-state index contributed by atoms with van der Waals surface area (Å²) in [6.07, 6.45) is 1.76. The first-order valence-corrected chi connectivity index (χ1v) is 4.98. The molecule has 0 bridgehead atoms. The van der Waals surface area contributed by atoms with Gasteiger partial charge in [0, 0.05) is 13.2 Å². The molecule has 2 aromatic rings. The maximum absolute atomic E-state index is 12.8. The molecule has 1 atom stereocenters. The van der Waals surface area contributed by atoms with Gasteiger partial charge in [0.05, 0.1) is 5.69 Å². The van der Waals surface area contributed by atoms with Crippen LogP contribution in [0.1, 0.15) is 18.2 Å². The van der Waals surface area contributed by atoms with Crippen molar-refractivity contribution in [3.63, 3.8) is 0 Å². The fraction of sp³-hybridized carbons (Fsp3) is 0.250. The monoisotopic (exact) mass is 220 g/mol. The first kappa shape index (κ1) is 10.8. The first-order chi connectivity index (χ1) is 7.50. The molecule has 2 rings (SSSR count). The molecule has 0 saturated heterocycles. The van der Waals surface area contributed by atoms with Crippen LogP contribution in [-0.2, 0) is 12.6 Å². The van der Waals surface area contributed by atoms with Gasteiger partial charge in [-0.1, -0.05) is 12.1 Å². The van der Waals surface area contributed by atoms with Crippen LogP contribution >= 0.6 is 0 Å². The lowest BCUT2D eigenvalue weighted by atomic mass is 9.93. The van der Waals surface area contributed by atoms with E-state index >= 15 is 0 Å². The second-order valence-electron chi connectivity index (χ2n) is 3.95. The maximum atomic E-state index is 12.8. The third-order valence-corrected chi connectivity index (χ3v) is 2.62. The molecule has 4 heteroatoms. The minimum atomic E-state index is -1.20. The van der Waals surface area contributed by atoms with Gasteiger partial charge in [-0.3, -0.25) is 4.68 Å². The molecule has 0 spiro atoms. The Bertz CT molecular complexity index is 488. The second-order valence-corrected chi connectivity index (χ2v) is 3.95. The molecule has 1 unspecified atom stereocenters. The molecular formula is C12H13FN2O. The van der Waals surface area contributed by atoms with Crippen molar-refractivity contribution in [2.45, 2.75) is 12.5 Å². The van der Waals surface area contributed by atoms with E-state index in [2.05, 4.69) is 5.10 Å². The SMILES string of the molecule is Cn1ccc(C(C)(O)c2ccc(F)cc2)n1. The largest absolute Gasteiger partial charge is 0.379 e. The van der Waals surface area contributed by atoms with E-state index < -0.39 is 5.60 Å². The van der Waals surface area contributed by atoms with E-state index in [1.165, 1.54) is 12.1 Å². The smallest absolute Gasteiger partial charge is 0.130 e. The number of aliphatic hydroxyl groups is 1. The Hall–Kier alpha value is -1.68. The fourth-order valence-corrected chi connectivity index (χ4v) is 1.60. The Kier molecular flexibility index (Phi) is 2.52. The molecule has 0 amide bonds. The molecule has 0 fully saturated rings. The van der Waals surface area contributed by atoms with Crippen molar-refractivity contribution in [3.8, 4) is 0 Å². The van der Waals surface area contributed by atoms with E-state index in [0.717, 1.165) is 0 Å². The summed E-state index contributed by atoms with van der Waals surface area (Å²) in [6.45, 7) is 1.64. The second kappa shape index (κ2) is 3.72. The lowest BCUT2D eigenvalue weighted by Crippen LogP contribution is -2.23. The molecular weight excluding hydrogens is 207 g/mol. The van der Waals surface area contributed by atoms with E-state index in [9.17, 15) is 9.50 Å². The van der Waals surface area contributed by atoms with Gasteiger partial charge in [0.1, 0.15) is 11.4 Å². The van der Waals surface area contributed by atoms with Crippen molar-refractivity contribution < 1.29 is 9.50 Å². The van der Waals surface area contributed by atoms with Crippen LogP contribution in [0.3, 0.4) is 0 Å². The Morgan fingerprint density at radius 1 is 1.25 bits per heavy atom. The van der Waals surface area contributed by atoms with Crippen molar-refractivity contribution in [1.82, 2.24) is 9.78 Å². The molecule has 3 nitrogen and oxygen atoms in total. The van der Waals surface area contributed by atoms with Gasteiger partial charge in [-0.2, -0.15) is 5.10 Å². The zero-order valence-corrected chi connectivity index (χ0v) is 9.18. The predicted octanol–water partition coefficient (Wildman–Crippen LogP) is 1.81. The van der Waals surface area contributed by atoms with Crippen LogP contribution < -0.4 is 0 Å². The molecule has 84 valence electrons. The van der Waals surface area contributed by atoms with Crippen molar-refractivity contribution in [2.24, 2.45) is 7.05 Å². The highest BCUT2D eigenvalue weighted by Crippen LogP contribution is 2.27. The Labute approximate surface area is 93.2 Å². The van der Waals surface area contributed by atoms with Gasteiger partial charge in [-0.25, -0.2) is 4.39 Å². The van der Waals surface area contributed by atoms with Crippen LogP contribution in [0.5, 0.6) is 0 Å². The van der Waals surface area contributed by atoms with Gasteiger partial charge in [0.25, 0.3) is 0 Å². The Morgan fingerprint density at radius 3 is 2.38 bits per heavy atom. The van der Waals surface area contributed by atoms with Crippen LogP contribution in [0.25, 0.3) is 0 Å². The number of hydrogen-bond donors (Lipinski definition) is 1. The molecule has 0 radical (unpaired) electrons. The fourth-order valence-electron chi connectivity index (χ4n) is 1.60. The summed E-state index contributed by atoms with van der Waals surface area (Å²) in [4.78, 5) is 0. The van der Waals surface area contributed by atoms with Gasteiger partial charge in [0.15, 0.2) is 0 Å². The zero-order chi connectivity index (χ0) is 11.8. The normalized spacial score (nSPS) is 14.8. The van der Waals surface area contributed by atoms with Crippen LogP contribution in [-0.4, -0.2) is 14.9 Å². The van der Waals surface area contributed by atoms with E-state index in [4.69, 9.17) is 0 Å². The molecule has 0 aliphatic heterocycles. The van der Waals surface area contributed by atoms with Crippen molar-refractivity contribution >= 4 is 0 Å². The summed E-state index contributed by atoms with van der Waals surface area (Å²) in [5.74, 6) is -0.319. The molecule has 0 saturated carbocycles. The maximum Gasteiger partial charge on any atom is 0.130 e. The van der Waals surface area contributed by atoms with Crippen LogP contribution in [0.2, 0.25) is 0 Å². The summed E-state index contributed by atoms with van der Waals surface area (Å²) < 4.78 is 14.4. The van der Waals surface area contributed by atoms with Crippen molar-refractivity contribution in [1.29, 1.82) is 0 Å². The van der Waals surface area contributed by atoms with E-state index in [0.29, 0.717) is 11.3 Å². The third kappa shape index (κ3) is 1.84. The zero-order valence-electron chi connectivity index (χ0n) is 9.18. The summed E-state index contributed by atoms with van der Waals surface area (Å²) in [5, 5.41) is 14.5. The first-order valence-electron chi connectivity index (χ1n) is 4.98. The molecule has 16 heavy (non-hydrogen) atoms. The topological polar surface area (TPSA) is 38.0 Å². The van der Waals surface area contributed by atoms with Crippen LogP contribution in [0.15, 0.2) is 36.5 Å². The van der Waals surface area contributed by atoms with Gasteiger partial charge in [-0.15, -0.1) is 0 Å². The highest BCUT2D eigenvalue weighted by molar-refractivity contribution is 5.30. The quantitative estimate of drug-likeness (QED) is 0.838. The van der Waals surface area contributed by atoms with Gasteiger partial charge in [0.2, 0.25) is 0 Å². The lowest BCUT2D eigenvalue weighted by molar-refractivity contribution is 0.0966. The summed E-state index contributed by atoms with van der Waals surface area (Å²) in [7, 11) is 1.78. The number of aryl methyl sites for hydroxylation is 1. The number of benzene rings is 1. The van der Waals surface area contributed by atoms with Crippen LogP contribution in [0.4, 0.5) is 4.39 Å². The predicted molar refractivity (Wildman–Crippen MR) is 58.3 cm³/mol. The number of rotatable bonds is 2. The summed E-state index contributed by atoms with van der Waals surface area (Å²) >= 11 is 0. The lowest BCUT2D eigenvalue weighted by Gasteiger charge is -2.21. The van der Waals surface area contributed by atoms with Crippen molar-refractivity contribution in [3.05, 3.63) is 53.6 Å². The minimum Gasteiger partial charge on any atom is -0.379 e. The number of halogens is 1. The van der Waals surface area contributed by atoms with Gasteiger partial charge >= 0.3 is 0 Å². The van der Waals surface area contributed by atoms with E-state index in [1.807, 2.05) is 0 Å². The average molecular weight is 220 g/mol. The van der Waals surface area contributed by atoms with Gasteiger partial charge < -0.3 is 5.11 Å². The minimum absolute atomic E-state index is 0.319.